The minimum absolute atomic E-state index is 0.272. The first-order chi connectivity index (χ1) is 11.0. The van der Waals surface area contributed by atoms with Gasteiger partial charge < -0.3 is 15.5 Å². The molecule has 23 heavy (non-hydrogen) atoms. The summed E-state index contributed by atoms with van der Waals surface area (Å²) in [7, 11) is 0. The smallest absolute Gasteiger partial charge is 0.406 e. The molecule has 0 radical (unpaired) electrons. The van der Waals surface area contributed by atoms with E-state index in [9.17, 15) is 13.2 Å². The third kappa shape index (κ3) is 5.82. The standard InChI is InChI=1S/C16H14F3N3O/c17-16(18,19)23-15-7-5-14(6-8-15)22-11-21-10-13-3-1-12(9-20)2-4-13/h1-9,11,20H,10H2,(H,21,22). The lowest BCUT2D eigenvalue weighted by atomic mass is 10.1. The lowest BCUT2D eigenvalue weighted by molar-refractivity contribution is -0.274. The Labute approximate surface area is 131 Å². The zero-order valence-corrected chi connectivity index (χ0v) is 12.0. The molecule has 7 heteroatoms. The summed E-state index contributed by atoms with van der Waals surface area (Å²) < 4.78 is 39.9. The number of rotatable bonds is 6. The van der Waals surface area contributed by atoms with E-state index in [1.165, 1.54) is 36.8 Å². The van der Waals surface area contributed by atoms with Crippen molar-refractivity contribution in [3.8, 4) is 5.75 Å². The largest absolute Gasteiger partial charge is 0.573 e. The topological polar surface area (TPSA) is 57.5 Å². The summed E-state index contributed by atoms with van der Waals surface area (Å²) >= 11 is 0. The van der Waals surface area contributed by atoms with Gasteiger partial charge in [0, 0.05) is 11.9 Å². The molecule has 0 aliphatic rings. The average molecular weight is 321 g/mol. The molecule has 4 nitrogen and oxygen atoms in total. The Morgan fingerprint density at radius 3 is 2.26 bits per heavy atom. The van der Waals surface area contributed by atoms with E-state index in [1.807, 2.05) is 24.3 Å². The molecule has 0 aliphatic carbocycles. The van der Waals surface area contributed by atoms with E-state index in [0.29, 0.717) is 12.2 Å². The maximum absolute atomic E-state index is 12.0. The zero-order chi connectivity index (χ0) is 16.7. The van der Waals surface area contributed by atoms with E-state index in [0.717, 1.165) is 11.1 Å². The summed E-state index contributed by atoms with van der Waals surface area (Å²) in [4.78, 5) is 4.17. The number of anilines is 1. The first-order valence-electron chi connectivity index (χ1n) is 6.66. The predicted molar refractivity (Wildman–Crippen MR) is 83.3 cm³/mol. The summed E-state index contributed by atoms with van der Waals surface area (Å²) in [6, 6.07) is 12.8. The molecule has 0 amide bonds. The van der Waals surface area contributed by atoms with Gasteiger partial charge in [-0.05, 0) is 35.4 Å². The van der Waals surface area contributed by atoms with Crippen LogP contribution in [0.2, 0.25) is 0 Å². The Hall–Kier alpha value is -2.83. The molecule has 2 rings (SSSR count). The van der Waals surface area contributed by atoms with Gasteiger partial charge in [0.15, 0.2) is 0 Å². The number of hydrogen-bond donors (Lipinski definition) is 2. The normalized spacial score (nSPS) is 11.4. The van der Waals surface area contributed by atoms with Crippen LogP contribution in [-0.2, 0) is 6.54 Å². The van der Waals surface area contributed by atoms with Gasteiger partial charge in [-0.2, -0.15) is 0 Å². The molecule has 2 aromatic carbocycles. The molecule has 0 spiro atoms. The van der Waals surface area contributed by atoms with Crippen molar-refractivity contribution in [2.45, 2.75) is 12.9 Å². The molecule has 2 N–H and O–H groups in total. The van der Waals surface area contributed by atoms with Gasteiger partial charge in [-0.1, -0.05) is 24.3 Å². The Morgan fingerprint density at radius 1 is 1.04 bits per heavy atom. The SMILES string of the molecule is N=Cc1ccc(CN=CNc2ccc(OC(F)(F)F)cc2)cc1. The molecule has 0 unspecified atom stereocenters. The summed E-state index contributed by atoms with van der Waals surface area (Å²) in [5.74, 6) is -0.272. The van der Waals surface area contributed by atoms with E-state index in [4.69, 9.17) is 5.41 Å². The van der Waals surface area contributed by atoms with Crippen LogP contribution in [0.5, 0.6) is 5.75 Å². The number of aliphatic imine (C=N–C) groups is 1. The number of alkyl halides is 3. The van der Waals surface area contributed by atoms with Crippen LogP contribution in [0.4, 0.5) is 18.9 Å². The average Bonchev–Trinajstić information content (AvgIpc) is 2.52. The molecule has 0 saturated carbocycles. The molecular weight excluding hydrogens is 307 g/mol. The molecule has 0 atom stereocenters. The monoisotopic (exact) mass is 321 g/mol. The summed E-state index contributed by atoms with van der Waals surface area (Å²) in [6.07, 6.45) is -1.95. The van der Waals surface area contributed by atoms with Gasteiger partial charge >= 0.3 is 6.36 Å². The fourth-order valence-corrected chi connectivity index (χ4v) is 1.74. The summed E-state index contributed by atoms with van der Waals surface area (Å²) in [5.41, 5.74) is 2.40. The number of ether oxygens (including phenoxy) is 1. The molecule has 0 saturated heterocycles. The van der Waals surface area contributed by atoms with E-state index in [2.05, 4.69) is 15.0 Å². The van der Waals surface area contributed by atoms with Crippen LogP contribution in [0.1, 0.15) is 11.1 Å². The molecule has 2 aromatic rings. The number of nitrogens with one attached hydrogen (secondary N) is 2. The van der Waals surface area contributed by atoms with Gasteiger partial charge in [0.1, 0.15) is 5.75 Å². The van der Waals surface area contributed by atoms with Crippen LogP contribution in [0.25, 0.3) is 0 Å². The van der Waals surface area contributed by atoms with Crippen molar-refractivity contribution in [3.05, 3.63) is 59.7 Å². The Balaban J connectivity index is 1.83. The van der Waals surface area contributed by atoms with Crippen LogP contribution < -0.4 is 10.1 Å². The molecule has 0 aromatic heterocycles. The number of hydrogen-bond acceptors (Lipinski definition) is 3. The highest BCUT2D eigenvalue weighted by Crippen LogP contribution is 2.23. The zero-order valence-electron chi connectivity index (χ0n) is 12.0. The summed E-state index contributed by atoms with van der Waals surface area (Å²) in [5, 5.41) is 9.97. The van der Waals surface area contributed by atoms with Crippen LogP contribution >= 0.6 is 0 Å². The van der Waals surface area contributed by atoms with E-state index in [-0.39, 0.29) is 5.75 Å². The molecule has 0 fully saturated rings. The molecule has 0 bridgehead atoms. The van der Waals surface area contributed by atoms with Crippen molar-refractivity contribution in [1.29, 1.82) is 5.41 Å². The van der Waals surface area contributed by atoms with Crippen molar-refractivity contribution in [3.63, 3.8) is 0 Å². The lowest BCUT2D eigenvalue weighted by Gasteiger charge is -2.09. The van der Waals surface area contributed by atoms with Gasteiger partial charge in [0.2, 0.25) is 0 Å². The van der Waals surface area contributed by atoms with Gasteiger partial charge in [-0.25, -0.2) is 0 Å². The second-order valence-electron chi connectivity index (χ2n) is 4.57. The highest BCUT2D eigenvalue weighted by molar-refractivity contribution is 5.77. The fraction of sp³-hybridized carbons (Fsp3) is 0.125. The Bertz CT molecular complexity index is 664. The minimum Gasteiger partial charge on any atom is -0.406 e. The highest BCUT2D eigenvalue weighted by atomic mass is 19.4. The second kappa shape index (κ2) is 7.44. The maximum Gasteiger partial charge on any atom is 0.573 e. The minimum atomic E-state index is -4.69. The number of benzene rings is 2. The third-order valence-electron chi connectivity index (χ3n) is 2.83. The van der Waals surface area contributed by atoms with Gasteiger partial charge in [-0.3, -0.25) is 4.99 Å². The summed E-state index contributed by atoms with van der Waals surface area (Å²) in [6.45, 7) is 0.459. The Kier molecular flexibility index (Phi) is 5.35. The van der Waals surface area contributed by atoms with Crippen molar-refractivity contribution >= 4 is 18.2 Å². The molecular formula is C16H14F3N3O. The fourth-order valence-electron chi connectivity index (χ4n) is 1.74. The number of nitrogens with zero attached hydrogens (tertiary/aromatic N) is 1. The van der Waals surface area contributed by atoms with Crippen molar-refractivity contribution in [1.82, 2.24) is 0 Å². The maximum atomic E-state index is 12.0. The highest BCUT2D eigenvalue weighted by Gasteiger charge is 2.30. The number of halogens is 3. The lowest BCUT2D eigenvalue weighted by Crippen LogP contribution is -2.17. The van der Waals surface area contributed by atoms with Crippen LogP contribution in [0.3, 0.4) is 0 Å². The van der Waals surface area contributed by atoms with E-state index < -0.39 is 6.36 Å². The first kappa shape index (κ1) is 16.5. The quantitative estimate of drug-likeness (QED) is 0.618. The Morgan fingerprint density at radius 2 is 1.70 bits per heavy atom. The first-order valence-corrected chi connectivity index (χ1v) is 6.66. The van der Waals surface area contributed by atoms with Gasteiger partial charge in [0.25, 0.3) is 0 Å². The van der Waals surface area contributed by atoms with Crippen molar-refractivity contribution in [2.24, 2.45) is 4.99 Å². The predicted octanol–water partition coefficient (Wildman–Crippen LogP) is 4.22. The van der Waals surface area contributed by atoms with Crippen LogP contribution in [0, 0.1) is 5.41 Å². The second-order valence-corrected chi connectivity index (χ2v) is 4.57. The van der Waals surface area contributed by atoms with Crippen LogP contribution in [0.15, 0.2) is 53.5 Å². The van der Waals surface area contributed by atoms with Gasteiger partial charge in [-0.15, -0.1) is 13.2 Å². The van der Waals surface area contributed by atoms with E-state index >= 15 is 0 Å². The van der Waals surface area contributed by atoms with E-state index in [1.54, 1.807) is 0 Å². The van der Waals surface area contributed by atoms with Crippen molar-refractivity contribution < 1.29 is 17.9 Å². The molecule has 0 heterocycles. The molecule has 120 valence electrons. The van der Waals surface area contributed by atoms with Gasteiger partial charge in [0.05, 0.1) is 12.9 Å². The molecule has 0 aliphatic heterocycles. The van der Waals surface area contributed by atoms with Crippen LogP contribution in [-0.4, -0.2) is 18.9 Å². The third-order valence-corrected chi connectivity index (χ3v) is 2.83. The van der Waals surface area contributed by atoms with Crippen molar-refractivity contribution in [2.75, 3.05) is 5.32 Å².